The summed E-state index contributed by atoms with van der Waals surface area (Å²) in [7, 11) is -2.45. The van der Waals surface area contributed by atoms with Gasteiger partial charge in [0.1, 0.15) is 0 Å². The number of nitrogens with zero attached hydrogens (tertiary/aromatic N) is 2. The van der Waals surface area contributed by atoms with Crippen molar-refractivity contribution < 1.29 is 22.7 Å². The second-order valence-electron chi connectivity index (χ2n) is 9.64. The maximum Gasteiger partial charge on any atom is 0.252 e. The predicted octanol–water partition coefficient (Wildman–Crippen LogP) is 5.68. The van der Waals surface area contributed by atoms with Crippen LogP contribution in [0.3, 0.4) is 0 Å². The van der Waals surface area contributed by atoms with Crippen LogP contribution in [-0.4, -0.2) is 32.5 Å². The third-order valence-corrected chi connectivity index (χ3v) is 8.81. The molecule has 1 saturated carbocycles. The number of ether oxygens (including phenoxy) is 2. The van der Waals surface area contributed by atoms with Crippen molar-refractivity contribution in [2.45, 2.75) is 48.1 Å². The van der Waals surface area contributed by atoms with E-state index in [1.807, 2.05) is 35.2 Å². The van der Waals surface area contributed by atoms with Crippen LogP contribution in [0.15, 0.2) is 101 Å². The summed E-state index contributed by atoms with van der Waals surface area (Å²) in [6.45, 7) is 0.290. The van der Waals surface area contributed by atoms with Gasteiger partial charge < -0.3 is 20.1 Å². The van der Waals surface area contributed by atoms with Crippen molar-refractivity contribution in [3.63, 3.8) is 0 Å². The Kier molecular flexibility index (Phi) is 8.02. The average Bonchev–Trinajstić information content (AvgIpc) is 3.49. The smallest absolute Gasteiger partial charge is 0.252 e. The Morgan fingerprint density at radius 3 is 2.42 bits per heavy atom. The lowest BCUT2D eigenvalue weighted by Gasteiger charge is -2.29. The van der Waals surface area contributed by atoms with Crippen molar-refractivity contribution in [3.05, 3.63) is 102 Å². The Balaban J connectivity index is 1.67. The molecule has 1 aliphatic carbocycles. The van der Waals surface area contributed by atoms with Gasteiger partial charge in [0.15, 0.2) is 11.5 Å². The monoisotopic (exact) mass is 557 g/mol. The lowest BCUT2D eigenvalue weighted by atomic mass is 10.1. The van der Waals surface area contributed by atoms with E-state index in [9.17, 15) is 13.2 Å². The first-order valence-electron chi connectivity index (χ1n) is 13.1. The van der Waals surface area contributed by atoms with Gasteiger partial charge in [0.2, 0.25) is 9.84 Å². The van der Waals surface area contributed by atoms with Crippen molar-refractivity contribution in [1.29, 1.82) is 0 Å². The van der Waals surface area contributed by atoms with Crippen LogP contribution in [-0.2, 0) is 16.4 Å². The number of aromatic nitrogens is 1. The number of pyridine rings is 1. The van der Waals surface area contributed by atoms with Crippen LogP contribution in [0.25, 0.3) is 0 Å². The van der Waals surface area contributed by atoms with Crippen molar-refractivity contribution >= 4 is 27.1 Å². The van der Waals surface area contributed by atoms with E-state index in [0.717, 1.165) is 31.2 Å². The van der Waals surface area contributed by atoms with Crippen LogP contribution in [0, 0.1) is 0 Å². The number of primary amides is 1. The molecular formula is C31H31N3O5S. The Hall–Kier alpha value is -4.37. The highest BCUT2D eigenvalue weighted by atomic mass is 32.2. The largest absolute Gasteiger partial charge is 0.493 e. The second kappa shape index (κ2) is 11.8. The molecule has 3 aromatic carbocycles. The van der Waals surface area contributed by atoms with Gasteiger partial charge in [-0.3, -0.25) is 9.78 Å². The highest BCUT2D eigenvalue weighted by molar-refractivity contribution is 7.91. The Bertz CT molecular complexity index is 1590. The van der Waals surface area contributed by atoms with Crippen LogP contribution < -0.4 is 20.1 Å². The average molecular weight is 558 g/mol. The fourth-order valence-corrected chi connectivity index (χ4v) is 6.54. The normalized spacial score (nSPS) is 13.6. The molecule has 0 spiro atoms. The third-order valence-electron chi connectivity index (χ3n) is 7.00. The van der Waals surface area contributed by atoms with E-state index in [4.69, 9.17) is 15.2 Å². The molecule has 1 aliphatic rings. The molecule has 5 rings (SSSR count). The van der Waals surface area contributed by atoms with Crippen molar-refractivity contribution in [2.75, 3.05) is 12.0 Å². The summed E-state index contributed by atoms with van der Waals surface area (Å²) >= 11 is 0. The Morgan fingerprint density at radius 2 is 1.75 bits per heavy atom. The number of amides is 1. The predicted molar refractivity (Wildman–Crippen MR) is 153 cm³/mol. The van der Waals surface area contributed by atoms with Crippen molar-refractivity contribution in [2.24, 2.45) is 5.73 Å². The highest BCUT2D eigenvalue weighted by Crippen LogP contribution is 2.40. The fourth-order valence-electron chi connectivity index (χ4n) is 5.04. The number of anilines is 2. The van der Waals surface area contributed by atoms with Crippen LogP contribution in [0.1, 0.15) is 41.6 Å². The van der Waals surface area contributed by atoms with Gasteiger partial charge in [-0.25, -0.2) is 8.42 Å². The lowest BCUT2D eigenvalue weighted by Crippen LogP contribution is -2.24. The number of hydrogen-bond donors (Lipinski definition) is 1. The number of methoxy groups -OCH3 is 1. The molecule has 1 amide bonds. The zero-order valence-electron chi connectivity index (χ0n) is 22.2. The summed E-state index contributed by atoms with van der Waals surface area (Å²) in [6.07, 6.45) is 7.67. The summed E-state index contributed by atoms with van der Waals surface area (Å²) < 4.78 is 39.3. The Morgan fingerprint density at radius 1 is 0.975 bits per heavy atom. The molecule has 0 bridgehead atoms. The minimum absolute atomic E-state index is 0.0742. The van der Waals surface area contributed by atoms with Crippen LogP contribution in [0.2, 0.25) is 0 Å². The van der Waals surface area contributed by atoms with Crippen molar-refractivity contribution in [3.8, 4) is 11.5 Å². The summed E-state index contributed by atoms with van der Waals surface area (Å²) in [5, 5.41) is 0. The number of rotatable bonds is 10. The standard InChI is InChI=1S/C31H31N3O5S/c1-38-27-17-16-23(19-28(27)39-24-10-5-6-11-24)34(21-22-9-8-18-33-20-22)26-14-7-15-29(30(26)31(32)35)40(36,37)25-12-3-2-4-13-25/h2-4,7-9,12-20,24H,5-6,10-11,21H2,1H3,(H2,32,35). The molecule has 1 aromatic heterocycles. The Labute approximate surface area is 234 Å². The first kappa shape index (κ1) is 27.2. The fraction of sp³-hybridized carbons (Fsp3) is 0.226. The quantitative estimate of drug-likeness (QED) is 0.267. The molecule has 0 saturated heterocycles. The van der Waals surface area contributed by atoms with Gasteiger partial charge in [-0.2, -0.15) is 0 Å². The molecule has 8 nitrogen and oxygen atoms in total. The van der Waals surface area contributed by atoms with E-state index < -0.39 is 15.7 Å². The van der Waals surface area contributed by atoms with Crippen LogP contribution >= 0.6 is 0 Å². The molecule has 1 heterocycles. The van der Waals surface area contributed by atoms with Gasteiger partial charge in [0.05, 0.1) is 34.3 Å². The molecule has 1 fully saturated rings. The lowest BCUT2D eigenvalue weighted by molar-refractivity contribution is 0.0997. The van der Waals surface area contributed by atoms with E-state index >= 15 is 0 Å². The first-order chi connectivity index (χ1) is 19.4. The molecule has 0 radical (unpaired) electrons. The van der Waals surface area contributed by atoms with Gasteiger partial charge in [-0.1, -0.05) is 30.3 Å². The van der Waals surface area contributed by atoms with Crippen LogP contribution in [0.5, 0.6) is 11.5 Å². The zero-order chi connectivity index (χ0) is 28.1. The molecule has 40 heavy (non-hydrogen) atoms. The number of carbonyl (C=O) groups excluding carboxylic acids is 1. The molecule has 206 valence electrons. The molecule has 0 aliphatic heterocycles. The summed E-state index contributed by atoms with van der Waals surface area (Å²) in [6, 6.07) is 22.0. The number of nitrogens with two attached hydrogens (primary N) is 1. The zero-order valence-corrected chi connectivity index (χ0v) is 23.0. The SMILES string of the molecule is COc1ccc(N(Cc2cccnc2)c2cccc(S(=O)(=O)c3ccccc3)c2C(N)=O)cc1OC1CCCC1. The third kappa shape index (κ3) is 5.65. The molecule has 9 heteroatoms. The molecule has 0 unspecified atom stereocenters. The molecule has 4 aromatic rings. The van der Waals surface area contributed by atoms with Gasteiger partial charge >= 0.3 is 0 Å². The maximum atomic E-state index is 13.7. The summed E-state index contributed by atoms with van der Waals surface area (Å²) in [5.74, 6) is 0.321. The van der Waals surface area contributed by atoms with Crippen LogP contribution in [0.4, 0.5) is 11.4 Å². The first-order valence-corrected chi connectivity index (χ1v) is 14.6. The molecule has 0 atom stereocenters. The number of benzene rings is 3. The van der Waals surface area contributed by atoms with E-state index in [2.05, 4.69) is 4.98 Å². The van der Waals surface area contributed by atoms with Gasteiger partial charge in [-0.05, 0) is 73.7 Å². The topological polar surface area (TPSA) is 112 Å². The summed E-state index contributed by atoms with van der Waals surface area (Å²) in [5.41, 5.74) is 7.68. The minimum atomic E-state index is -4.04. The number of sulfone groups is 1. The van der Waals surface area contributed by atoms with E-state index in [1.54, 1.807) is 49.8 Å². The van der Waals surface area contributed by atoms with Gasteiger partial charge in [-0.15, -0.1) is 0 Å². The van der Waals surface area contributed by atoms with Gasteiger partial charge in [0, 0.05) is 30.7 Å². The van der Waals surface area contributed by atoms with E-state index in [1.165, 1.54) is 18.2 Å². The van der Waals surface area contributed by atoms with E-state index in [0.29, 0.717) is 22.9 Å². The highest BCUT2D eigenvalue weighted by Gasteiger charge is 2.29. The number of hydrogen-bond acceptors (Lipinski definition) is 7. The van der Waals surface area contributed by atoms with E-state index in [-0.39, 0.29) is 28.0 Å². The molecule has 2 N–H and O–H groups in total. The van der Waals surface area contributed by atoms with Gasteiger partial charge in [0.25, 0.3) is 5.91 Å². The minimum Gasteiger partial charge on any atom is -0.493 e. The second-order valence-corrected chi connectivity index (χ2v) is 11.6. The summed E-state index contributed by atoms with van der Waals surface area (Å²) in [4.78, 5) is 19.0. The number of carbonyl (C=O) groups is 1. The molecular weight excluding hydrogens is 526 g/mol. The van der Waals surface area contributed by atoms with Crippen molar-refractivity contribution in [1.82, 2.24) is 4.98 Å². The maximum absolute atomic E-state index is 13.7.